The molecule has 0 fully saturated rings. The number of aromatic amines is 1. The molecule has 1 heterocycles. The molecule has 56 valence electrons. The van der Waals surface area contributed by atoms with E-state index in [1.54, 1.807) is 0 Å². The molecule has 0 aliphatic carbocycles. The van der Waals surface area contributed by atoms with Crippen LogP contribution in [0.15, 0.2) is 6.20 Å². The fourth-order valence-corrected chi connectivity index (χ4v) is 1.95. The Kier molecular flexibility index (Phi) is 2.33. The molecule has 0 saturated heterocycles. The third kappa shape index (κ3) is 1.33. The predicted octanol–water partition coefficient (Wildman–Crippen LogP) is 2.88. The summed E-state index contributed by atoms with van der Waals surface area (Å²) in [5.41, 5.74) is 0.792. The van der Waals surface area contributed by atoms with Crippen LogP contribution in [-0.2, 0) is 0 Å². The molecule has 1 nitrogen and oxygen atoms in total. The number of hydrogen-bond acceptors (Lipinski definition) is 0. The second kappa shape index (κ2) is 2.90. The van der Waals surface area contributed by atoms with Gasteiger partial charge in [-0.3, -0.25) is 0 Å². The summed E-state index contributed by atoms with van der Waals surface area (Å²) in [7, 11) is 0. The monoisotopic (exact) mass is 253 g/mol. The van der Waals surface area contributed by atoms with Gasteiger partial charge in [0.2, 0.25) is 0 Å². The molecule has 0 unspecified atom stereocenters. The van der Waals surface area contributed by atoms with E-state index >= 15 is 0 Å². The van der Waals surface area contributed by atoms with Gasteiger partial charge in [0.1, 0.15) is 5.82 Å². The third-order valence-electron chi connectivity index (χ3n) is 1.40. The Bertz CT molecular complexity index is 210. The Hall–Kier alpha value is -0.0600. The van der Waals surface area contributed by atoms with E-state index in [0.29, 0.717) is 0 Å². The van der Waals surface area contributed by atoms with Crippen molar-refractivity contribution in [3.63, 3.8) is 0 Å². The largest absolute Gasteiger partial charge is 0.354 e. The van der Waals surface area contributed by atoms with Crippen molar-refractivity contribution in [3.8, 4) is 0 Å². The van der Waals surface area contributed by atoms with Gasteiger partial charge < -0.3 is 4.98 Å². The number of halogens is 2. The average Bonchev–Trinajstić information content (AvgIpc) is 2.11. The summed E-state index contributed by atoms with van der Waals surface area (Å²) in [6.07, 6.45) is 1.40. The zero-order valence-electron chi connectivity index (χ0n) is 5.91. The fraction of sp³-hybridized carbons (Fsp3) is 0.429. The lowest BCUT2D eigenvalue weighted by molar-refractivity contribution is 0.602. The number of H-pyrrole nitrogens is 1. The van der Waals surface area contributed by atoms with Crippen molar-refractivity contribution >= 4 is 22.6 Å². The molecule has 0 aromatic carbocycles. The number of aromatic nitrogens is 1. The predicted molar refractivity (Wildman–Crippen MR) is 47.6 cm³/mol. The normalized spacial score (nSPS) is 10.9. The van der Waals surface area contributed by atoms with Gasteiger partial charge in [-0.25, -0.2) is 4.39 Å². The summed E-state index contributed by atoms with van der Waals surface area (Å²) < 4.78 is 13.7. The van der Waals surface area contributed by atoms with Gasteiger partial charge in [0.05, 0.1) is 3.70 Å². The van der Waals surface area contributed by atoms with Gasteiger partial charge in [0, 0.05) is 11.8 Å². The van der Waals surface area contributed by atoms with Gasteiger partial charge in [-0.15, -0.1) is 0 Å². The van der Waals surface area contributed by atoms with E-state index in [1.807, 2.05) is 13.8 Å². The molecule has 0 amide bonds. The summed E-state index contributed by atoms with van der Waals surface area (Å²) >= 11 is 2.10. The third-order valence-corrected chi connectivity index (χ3v) is 2.29. The van der Waals surface area contributed by atoms with Crippen LogP contribution < -0.4 is 0 Å². The molecule has 0 aliphatic heterocycles. The summed E-state index contributed by atoms with van der Waals surface area (Å²) in [6, 6.07) is 0. The molecule has 3 heteroatoms. The van der Waals surface area contributed by atoms with Crippen molar-refractivity contribution in [2.45, 2.75) is 19.8 Å². The van der Waals surface area contributed by atoms with Crippen LogP contribution >= 0.6 is 22.6 Å². The molecule has 0 aliphatic rings. The quantitative estimate of drug-likeness (QED) is 0.740. The number of hydrogen-bond donors (Lipinski definition) is 1. The maximum Gasteiger partial charge on any atom is 0.145 e. The molecular formula is C7H9FIN. The molecule has 0 radical (unpaired) electrons. The summed E-state index contributed by atoms with van der Waals surface area (Å²) in [5, 5.41) is 0. The highest BCUT2D eigenvalue weighted by Gasteiger charge is 2.11. The maximum absolute atomic E-state index is 12.8. The number of rotatable bonds is 1. The van der Waals surface area contributed by atoms with Gasteiger partial charge in [0.15, 0.2) is 0 Å². The summed E-state index contributed by atoms with van der Waals surface area (Å²) in [6.45, 7) is 3.96. The first-order chi connectivity index (χ1) is 4.63. The molecule has 10 heavy (non-hydrogen) atoms. The lowest BCUT2D eigenvalue weighted by Gasteiger charge is -2.01. The standard InChI is InChI=1S/C7H9FIN/c1-4(2)6-5(8)3-10-7(6)9/h3-4,10H,1-2H3. The first-order valence-corrected chi connectivity index (χ1v) is 4.23. The minimum atomic E-state index is -0.126. The molecule has 0 bridgehead atoms. The molecule has 0 atom stereocenters. The van der Waals surface area contributed by atoms with Crippen LogP contribution in [-0.4, -0.2) is 4.98 Å². The van der Waals surface area contributed by atoms with Crippen molar-refractivity contribution in [2.24, 2.45) is 0 Å². The van der Waals surface area contributed by atoms with Crippen LogP contribution in [0.4, 0.5) is 4.39 Å². The van der Waals surface area contributed by atoms with Gasteiger partial charge in [-0.1, -0.05) is 13.8 Å². The SMILES string of the molecule is CC(C)c1c(F)c[nH]c1I. The zero-order valence-corrected chi connectivity index (χ0v) is 8.07. The lowest BCUT2D eigenvalue weighted by Crippen LogP contribution is -1.90. The zero-order chi connectivity index (χ0) is 7.72. The van der Waals surface area contributed by atoms with E-state index in [2.05, 4.69) is 27.6 Å². The highest BCUT2D eigenvalue weighted by molar-refractivity contribution is 14.1. The molecule has 0 saturated carbocycles. The molecule has 0 spiro atoms. The van der Waals surface area contributed by atoms with E-state index in [-0.39, 0.29) is 11.7 Å². The van der Waals surface area contributed by atoms with Gasteiger partial charge in [-0.2, -0.15) is 0 Å². The minimum Gasteiger partial charge on any atom is -0.354 e. The van der Waals surface area contributed by atoms with Crippen LogP contribution in [0.25, 0.3) is 0 Å². The fourth-order valence-electron chi connectivity index (χ4n) is 0.916. The lowest BCUT2D eigenvalue weighted by atomic mass is 10.1. The van der Waals surface area contributed by atoms with Crippen LogP contribution in [0.5, 0.6) is 0 Å². The Labute approximate surface area is 73.2 Å². The van der Waals surface area contributed by atoms with Crippen molar-refractivity contribution in [1.82, 2.24) is 4.98 Å². The maximum atomic E-state index is 12.8. The van der Waals surface area contributed by atoms with Crippen LogP contribution in [0, 0.1) is 9.52 Å². The van der Waals surface area contributed by atoms with Gasteiger partial charge in [0.25, 0.3) is 0 Å². The molecular weight excluding hydrogens is 244 g/mol. The topological polar surface area (TPSA) is 15.8 Å². The van der Waals surface area contributed by atoms with E-state index in [9.17, 15) is 4.39 Å². The average molecular weight is 253 g/mol. The van der Waals surface area contributed by atoms with Crippen molar-refractivity contribution in [2.75, 3.05) is 0 Å². The van der Waals surface area contributed by atoms with Crippen LogP contribution in [0.2, 0.25) is 0 Å². The highest BCUT2D eigenvalue weighted by Crippen LogP contribution is 2.22. The van der Waals surface area contributed by atoms with Crippen molar-refractivity contribution in [3.05, 3.63) is 21.3 Å². The van der Waals surface area contributed by atoms with Crippen LogP contribution in [0.1, 0.15) is 25.3 Å². The molecule has 1 aromatic heterocycles. The van der Waals surface area contributed by atoms with E-state index in [1.165, 1.54) is 6.20 Å². The first-order valence-electron chi connectivity index (χ1n) is 3.15. The van der Waals surface area contributed by atoms with E-state index in [4.69, 9.17) is 0 Å². The first kappa shape index (κ1) is 8.04. The van der Waals surface area contributed by atoms with Crippen molar-refractivity contribution in [1.29, 1.82) is 0 Å². The van der Waals surface area contributed by atoms with Crippen molar-refractivity contribution < 1.29 is 4.39 Å². The van der Waals surface area contributed by atoms with Gasteiger partial charge in [-0.05, 0) is 28.5 Å². The summed E-state index contributed by atoms with van der Waals surface area (Å²) in [5.74, 6) is 0.137. The second-order valence-electron chi connectivity index (χ2n) is 2.52. The molecule has 1 rings (SSSR count). The Morgan fingerprint density at radius 2 is 2.20 bits per heavy atom. The Morgan fingerprint density at radius 3 is 2.40 bits per heavy atom. The minimum absolute atomic E-state index is 0.126. The van der Waals surface area contributed by atoms with Gasteiger partial charge >= 0.3 is 0 Å². The Morgan fingerprint density at radius 1 is 1.60 bits per heavy atom. The smallest absolute Gasteiger partial charge is 0.145 e. The van der Waals surface area contributed by atoms with Crippen LogP contribution in [0.3, 0.4) is 0 Å². The molecule has 1 aromatic rings. The van der Waals surface area contributed by atoms with E-state index < -0.39 is 0 Å². The highest BCUT2D eigenvalue weighted by atomic mass is 127. The Balaban J connectivity index is 3.10. The number of nitrogens with one attached hydrogen (secondary N) is 1. The second-order valence-corrected chi connectivity index (χ2v) is 3.60. The molecule has 1 N–H and O–H groups in total. The summed E-state index contributed by atoms with van der Waals surface area (Å²) in [4.78, 5) is 2.83. The van der Waals surface area contributed by atoms with E-state index in [0.717, 1.165) is 9.26 Å².